The minimum Gasteiger partial charge on any atom is -0.232 e. The van der Waals surface area contributed by atoms with Crippen LogP contribution in [0.5, 0.6) is 0 Å². The molecule has 8 aromatic rings. The molecule has 192 valence electrons. The van der Waals surface area contributed by atoms with E-state index in [9.17, 15) is 0 Å². The van der Waals surface area contributed by atoms with Crippen molar-refractivity contribution in [3.63, 3.8) is 0 Å². The maximum Gasteiger partial charge on any atom is 0.160 e. The maximum absolute atomic E-state index is 5.13. The highest BCUT2D eigenvalue weighted by atomic mass is 15.2. The van der Waals surface area contributed by atoms with Crippen molar-refractivity contribution < 1.29 is 0 Å². The highest BCUT2D eigenvalue weighted by Crippen LogP contribution is 2.32. The fraction of sp³-hybridized carbons (Fsp3) is 0. The van der Waals surface area contributed by atoms with E-state index in [0.29, 0.717) is 5.82 Å². The van der Waals surface area contributed by atoms with Crippen molar-refractivity contribution in [2.45, 2.75) is 0 Å². The number of para-hydroxylation sites is 2. The summed E-state index contributed by atoms with van der Waals surface area (Å²) in [6.07, 6.45) is 0. The molecule has 0 aliphatic carbocycles. The van der Waals surface area contributed by atoms with Crippen molar-refractivity contribution in [3.05, 3.63) is 146 Å². The Morgan fingerprint density at radius 3 is 2.07 bits per heavy atom. The summed E-state index contributed by atoms with van der Waals surface area (Å²) in [4.78, 5) is 10.1. The molecule has 0 unspecified atom stereocenters. The zero-order valence-corrected chi connectivity index (χ0v) is 22.1. The highest BCUT2D eigenvalue weighted by molar-refractivity contribution is 5.94. The van der Waals surface area contributed by atoms with Gasteiger partial charge in [0.2, 0.25) is 0 Å². The molecule has 3 heterocycles. The van der Waals surface area contributed by atoms with Crippen LogP contribution in [0, 0.1) is 0 Å². The predicted molar refractivity (Wildman–Crippen MR) is 168 cm³/mol. The van der Waals surface area contributed by atoms with E-state index in [-0.39, 0.29) is 0 Å². The molecule has 0 radical (unpaired) electrons. The van der Waals surface area contributed by atoms with Gasteiger partial charge in [0.1, 0.15) is 0 Å². The second-order valence-corrected chi connectivity index (χ2v) is 10.2. The smallest absolute Gasteiger partial charge is 0.160 e. The van der Waals surface area contributed by atoms with Crippen molar-refractivity contribution >= 4 is 27.3 Å². The third-order valence-electron chi connectivity index (χ3n) is 7.62. The van der Waals surface area contributed by atoms with Gasteiger partial charge in [-0.25, -0.2) is 14.5 Å². The fourth-order valence-electron chi connectivity index (χ4n) is 5.54. The third kappa shape index (κ3) is 4.14. The van der Waals surface area contributed by atoms with Gasteiger partial charge >= 0.3 is 0 Å². The standard InChI is InChI=1S/C37H24N4/c1-2-9-25(10-3-1)26-17-19-28(20-18-26)36-32-14-5-6-15-33(32)38-37(39-36)30-13-8-12-29(23-30)34-24-31-22-21-27-11-4-7-16-35(27)41(31)40-34/h1-24H. The topological polar surface area (TPSA) is 43.1 Å². The Balaban J connectivity index is 1.23. The van der Waals surface area contributed by atoms with Crippen LogP contribution < -0.4 is 0 Å². The lowest BCUT2D eigenvalue weighted by Crippen LogP contribution is -1.95. The molecule has 41 heavy (non-hydrogen) atoms. The largest absolute Gasteiger partial charge is 0.232 e. The van der Waals surface area contributed by atoms with Gasteiger partial charge in [0.15, 0.2) is 5.82 Å². The predicted octanol–water partition coefficient (Wildman–Crippen LogP) is 9.10. The number of hydrogen-bond donors (Lipinski definition) is 0. The van der Waals surface area contributed by atoms with Crippen molar-refractivity contribution in [2.75, 3.05) is 0 Å². The molecule has 5 aromatic carbocycles. The molecule has 0 N–H and O–H groups in total. The Morgan fingerprint density at radius 1 is 0.463 bits per heavy atom. The molecule has 0 fully saturated rings. The number of hydrogen-bond acceptors (Lipinski definition) is 3. The first-order valence-electron chi connectivity index (χ1n) is 13.7. The van der Waals surface area contributed by atoms with Crippen molar-refractivity contribution in [1.82, 2.24) is 19.6 Å². The zero-order valence-electron chi connectivity index (χ0n) is 22.1. The summed E-state index contributed by atoms with van der Waals surface area (Å²) in [6.45, 7) is 0. The van der Waals surface area contributed by atoms with Crippen molar-refractivity contribution in [2.24, 2.45) is 0 Å². The van der Waals surface area contributed by atoms with Gasteiger partial charge in [0.25, 0.3) is 0 Å². The van der Waals surface area contributed by atoms with Gasteiger partial charge in [-0.05, 0) is 41.5 Å². The number of fused-ring (bicyclic) bond motifs is 4. The van der Waals surface area contributed by atoms with Crippen molar-refractivity contribution in [1.29, 1.82) is 0 Å². The van der Waals surface area contributed by atoms with E-state index in [4.69, 9.17) is 15.1 Å². The van der Waals surface area contributed by atoms with Crippen LogP contribution in [0.2, 0.25) is 0 Å². The van der Waals surface area contributed by atoms with Gasteiger partial charge in [-0.1, -0.05) is 115 Å². The highest BCUT2D eigenvalue weighted by Gasteiger charge is 2.14. The molecule has 0 atom stereocenters. The number of benzene rings is 5. The molecular weight excluding hydrogens is 500 g/mol. The SMILES string of the molecule is c1ccc(-c2ccc(-c3nc(-c4cccc(-c5cc6ccc7ccccc7n6n5)c4)nc4ccccc34)cc2)cc1. The Labute approximate surface area is 237 Å². The molecule has 0 spiro atoms. The summed E-state index contributed by atoms with van der Waals surface area (Å²) in [5.41, 5.74) is 10.3. The molecule has 8 rings (SSSR count). The van der Waals surface area contributed by atoms with E-state index in [1.165, 1.54) is 11.1 Å². The van der Waals surface area contributed by atoms with Crippen LogP contribution >= 0.6 is 0 Å². The summed E-state index contributed by atoms with van der Waals surface area (Å²) in [6, 6.07) is 50.3. The third-order valence-corrected chi connectivity index (χ3v) is 7.62. The zero-order chi connectivity index (χ0) is 27.2. The van der Waals surface area contributed by atoms with Gasteiger partial charge < -0.3 is 0 Å². The minimum atomic E-state index is 0.696. The van der Waals surface area contributed by atoms with Crippen LogP contribution in [0.25, 0.3) is 72.4 Å². The van der Waals surface area contributed by atoms with E-state index in [0.717, 1.165) is 55.4 Å². The molecule has 4 nitrogen and oxygen atoms in total. The molecule has 3 aromatic heterocycles. The van der Waals surface area contributed by atoms with Gasteiger partial charge in [0, 0.05) is 27.5 Å². The number of rotatable bonds is 4. The van der Waals surface area contributed by atoms with Gasteiger partial charge in [0.05, 0.1) is 27.9 Å². The first kappa shape index (κ1) is 23.3. The van der Waals surface area contributed by atoms with Crippen LogP contribution in [0.4, 0.5) is 0 Å². The number of aromatic nitrogens is 4. The first-order chi connectivity index (χ1) is 20.3. The summed E-state index contributed by atoms with van der Waals surface area (Å²) < 4.78 is 2.01. The van der Waals surface area contributed by atoms with E-state index in [1.807, 2.05) is 28.8 Å². The Hall–Kier alpha value is -5.61. The lowest BCUT2D eigenvalue weighted by Gasteiger charge is -2.11. The molecule has 4 heteroatoms. The minimum absolute atomic E-state index is 0.696. The molecular formula is C37H24N4. The Morgan fingerprint density at radius 2 is 1.17 bits per heavy atom. The molecule has 0 aliphatic heterocycles. The van der Waals surface area contributed by atoms with E-state index in [1.54, 1.807) is 0 Å². The monoisotopic (exact) mass is 524 g/mol. The summed E-state index contributed by atoms with van der Waals surface area (Å²) in [5.74, 6) is 0.696. The average Bonchev–Trinajstić information content (AvgIpc) is 3.50. The van der Waals surface area contributed by atoms with Gasteiger partial charge in [-0.2, -0.15) is 5.10 Å². The fourth-order valence-corrected chi connectivity index (χ4v) is 5.54. The van der Waals surface area contributed by atoms with Crippen LogP contribution in [-0.4, -0.2) is 19.6 Å². The van der Waals surface area contributed by atoms with Crippen LogP contribution in [-0.2, 0) is 0 Å². The summed E-state index contributed by atoms with van der Waals surface area (Å²) >= 11 is 0. The average molecular weight is 525 g/mol. The van der Waals surface area contributed by atoms with E-state index >= 15 is 0 Å². The number of pyridine rings is 1. The quantitative estimate of drug-likeness (QED) is 0.231. The Bertz CT molecular complexity index is 2200. The van der Waals surface area contributed by atoms with Crippen LogP contribution in [0.15, 0.2) is 146 Å². The molecule has 0 aliphatic rings. The van der Waals surface area contributed by atoms with Crippen LogP contribution in [0.3, 0.4) is 0 Å². The van der Waals surface area contributed by atoms with Crippen molar-refractivity contribution in [3.8, 4) is 45.0 Å². The second kappa shape index (κ2) is 9.54. The molecule has 0 amide bonds. The van der Waals surface area contributed by atoms with Crippen LogP contribution in [0.1, 0.15) is 0 Å². The van der Waals surface area contributed by atoms with E-state index < -0.39 is 0 Å². The number of nitrogens with zero attached hydrogens (tertiary/aromatic N) is 4. The maximum atomic E-state index is 5.13. The van der Waals surface area contributed by atoms with Gasteiger partial charge in [-0.15, -0.1) is 0 Å². The second-order valence-electron chi connectivity index (χ2n) is 10.2. The van der Waals surface area contributed by atoms with Gasteiger partial charge in [-0.3, -0.25) is 0 Å². The lowest BCUT2D eigenvalue weighted by atomic mass is 10.0. The lowest BCUT2D eigenvalue weighted by molar-refractivity contribution is 1.01. The Kier molecular flexibility index (Phi) is 5.42. The summed E-state index contributed by atoms with van der Waals surface area (Å²) in [7, 11) is 0. The van der Waals surface area contributed by atoms with E-state index in [2.05, 4.69) is 121 Å². The normalized spacial score (nSPS) is 11.4. The molecule has 0 saturated carbocycles. The summed E-state index contributed by atoms with van der Waals surface area (Å²) in [5, 5.41) is 7.17. The first-order valence-corrected chi connectivity index (χ1v) is 13.7. The molecule has 0 bridgehead atoms. The molecule has 0 saturated heterocycles.